The van der Waals surface area contributed by atoms with Crippen LogP contribution < -0.4 is 10.2 Å². The maximum absolute atomic E-state index is 13.0. The molecule has 27 heavy (non-hydrogen) atoms. The van der Waals surface area contributed by atoms with Crippen LogP contribution in [0, 0.1) is 12.7 Å². The summed E-state index contributed by atoms with van der Waals surface area (Å²) in [5, 5.41) is 0.373. The Morgan fingerprint density at radius 2 is 2.00 bits per heavy atom. The maximum atomic E-state index is 13.0. The van der Waals surface area contributed by atoms with E-state index in [1.165, 1.54) is 12.1 Å². The summed E-state index contributed by atoms with van der Waals surface area (Å²) in [6.07, 6.45) is 0.482. The Morgan fingerprint density at radius 1 is 1.22 bits per heavy atom. The van der Waals surface area contributed by atoms with Crippen LogP contribution >= 0.6 is 11.5 Å². The molecule has 0 aliphatic carbocycles. The largest absolute Gasteiger partial charge is 0.430 e. The summed E-state index contributed by atoms with van der Waals surface area (Å²) in [6.45, 7) is 4.03. The number of carbonyl (C=O) groups is 1. The molecule has 1 aromatic heterocycles. The molecule has 0 saturated heterocycles. The van der Waals surface area contributed by atoms with E-state index in [1.807, 2.05) is 6.92 Å². The van der Waals surface area contributed by atoms with Crippen molar-refractivity contribution in [3.8, 4) is 10.9 Å². The van der Waals surface area contributed by atoms with Crippen molar-refractivity contribution < 1.29 is 18.8 Å². The summed E-state index contributed by atoms with van der Waals surface area (Å²) in [6, 6.07) is 11.3. The molecule has 1 heterocycles. The molecule has 140 valence electrons. The molecule has 0 saturated carbocycles. The molecule has 0 spiro atoms. The second-order valence-electron chi connectivity index (χ2n) is 5.73. The fourth-order valence-corrected chi connectivity index (χ4v) is 2.84. The van der Waals surface area contributed by atoms with Crippen LogP contribution in [0.25, 0.3) is 0 Å². The number of halogens is 1. The molecular weight excluding hydrogens is 369 g/mol. The SMILES string of the molecule is CCONC(=O)c1ccc(C)c(Oc2nc(Cc3ccc(F)cc3)ns2)c1. The van der Waals surface area contributed by atoms with Gasteiger partial charge in [0.1, 0.15) is 11.6 Å². The van der Waals surface area contributed by atoms with E-state index in [-0.39, 0.29) is 11.7 Å². The highest BCUT2D eigenvalue weighted by molar-refractivity contribution is 7.07. The molecule has 3 rings (SSSR count). The van der Waals surface area contributed by atoms with Gasteiger partial charge in [0, 0.05) is 23.5 Å². The lowest BCUT2D eigenvalue weighted by atomic mass is 10.1. The Morgan fingerprint density at radius 3 is 2.74 bits per heavy atom. The van der Waals surface area contributed by atoms with E-state index < -0.39 is 0 Å². The lowest BCUT2D eigenvalue weighted by molar-refractivity contribution is 0.0364. The van der Waals surface area contributed by atoms with Gasteiger partial charge in [0.25, 0.3) is 11.1 Å². The van der Waals surface area contributed by atoms with E-state index in [0.717, 1.165) is 22.7 Å². The minimum atomic E-state index is -0.351. The first-order valence-electron chi connectivity index (χ1n) is 8.33. The van der Waals surface area contributed by atoms with Crippen LogP contribution in [0.15, 0.2) is 42.5 Å². The summed E-state index contributed by atoms with van der Waals surface area (Å²) in [5.74, 6) is 0.474. The summed E-state index contributed by atoms with van der Waals surface area (Å²) in [7, 11) is 0. The highest BCUT2D eigenvalue weighted by Gasteiger charge is 2.12. The van der Waals surface area contributed by atoms with Gasteiger partial charge in [-0.05, 0) is 49.2 Å². The molecule has 8 heteroatoms. The Bertz CT molecular complexity index is 928. The molecular formula is C19H18FN3O3S. The second kappa shape index (κ2) is 8.70. The third-order valence-electron chi connectivity index (χ3n) is 3.68. The molecule has 6 nitrogen and oxygen atoms in total. The summed E-state index contributed by atoms with van der Waals surface area (Å²) < 4.78 is 23.1. The van der Waals surface area contributed by atoms with Crippen molar-refractivity contribution in [2.75, 3.05) is 6.61 Å². The summed E-state index contributed by atoms with van der Waals surface area (Å²) in [4.78, 5) is 21.3. The fourth-order valence-electron chi connectivity index (χ4n) is 2.28. The highest BCUT2D eigenvalue weighted by Crippen LogP contribution is 2.28. The molecule has 1 N–H and O–H groups in total. The minimum Gasteiger partial charge on any atom is -0.430 e. The molecule has 3 aromatic rings. The molecule has 0 radical (unpaired) electrons. The van der Waals surface area contributed by atoms with Gasteiger partial charge in [-0.2, -0.15) is 9.36 Å². The summed E-state index contributed by atoms with van der Waals surface area (Å²) in [5.41, 5.74) is 4.53. The Hall–Kier alpha value is -2.84. The first-order chi connectivity index (χ1) is 13.0. The van der Waals surface area contributed by atoms with Crippen LogP contribution in [0.1, 0.15) is 34.2 Å². The molecule has 0 aliphatic rings. The minimum absolute atomic E-state index is 0.280. The van der Waals surface area contributed by atoms with Crippen LogP contribution in [-0.2, 0) is 11.3 Å². The second-order valence-corrected chi connectivity index (χ2v) is 6.44. The van der Waals surface area contributed by atoms with E-state index in [4.69, 9.17) is 9.57 Å². The zero-order chi connectivity index (χ0) is 19.2. The number of hydrogen-bond donors (Lipinski definition) is 1. The molecule has 0 bridgehead atoms. The van der Waals surface area contributed by atoms with Crippen molar-refractivity contribution in [1.82, 2.24) is 14.8 Å². The van der Waals surface area contributed by atoms with Crippen LogP contribution in [0.5, 0.6) is 10.9 Å². The number of hydrogen-bond acceptors (Lipinski definition) is 6. The fraction of sp³-hybridized carbons (Fsp3) is 0.211. The number of aromatic nitrogens is 2. The number of ether oxygens (including phenoxy) is 1. The first kappa shape index (κ1) is 18.9. The van der Waals surface area contributed by atoms with Crippen molar-refractivity contribution in [3.63, 3.8) is 0 Å². The number of benzene rings is 2. The third-order valence-corrected chi connectivity index (χ3v) is 4.31. The lowest BCUT2D eigenvalue weighted by Gasteiger charge is -2.08. The smallest absolute Gasteiger partial charge is 0.298 e. The van der Waals surface area contributed by atoms with Gasteiger partial charge >= 0.3 is 0 Å². The predicted octanol–water partition coefficient (Wildman–Crippen LogP) is 4.05. The summed E-state index contributed by atoms with van der Waals surface area (Å²) >= 11 is 1.12. The predicted molar refractivity (Wildman–Crippen MR) is 99.5 cm³/mol. The van der Waals surface area contributed by atoms with E-state index in [9.17, 15) is 9.18 Å². The van der Waals surface area contributed by atoms with Crippen LogP contribution in [-0.4, -0.2) is 21.9 Å². The van der Waals surface area contributed by atoms with Gasteiger partial charge in [0.05, 0.1) is 6.61 Å². The maximum Gasteiger partial charge on any atom is 0.298 e. The number of nitrogens with zero attached hydrogens (tertiary/aromatic N) is 2. The molecule has 0 fully saturated rings. The number of nitrogens with one attached hydrogen (secondary N) is 1. The average Bonchev–Trinajstić information content (AvgIpc) is 3.10. The van der Waals surface area contributed by atoms with Gasteiger partial charge in [-0.15, -0.1) is 0 Å². The molecule has 1 amide bonds. The van der Waals surface area contributed by atoms with Crippen molar-refractivity contribution in [2.24, 2.45) is 0 Å². The van der Waals surface area contributed by atoms with Crippen LogP contribution in [0.3, 0.4) is 0 Å². The number of aryl methyl sites for hydroxylation is 1. The van der Waals surface area contributed by atoms with Crippen molar-refractivity contribution >= 4 is 17.4 Å². The Balaban J connectivity index is 1.71. The van der Waals surface area contributed by atoms with Gasteiger partial charge in [0.2, 0.25) is 0 Å². The standard InChI is InChI=1S/C19H18FN3O3S/c1-3-25-22-18(24)14-7-4-12(2)16(11-14)26-19-21-17(23-27-19)10-13-5-8-15(20)9-6-13/h4-9,11H,3,10H2,1-2H3,(H,22,24). The number of rotatable bonds is 7. The van der Waals surface area contributed by atoms with E-state index in [1.54, 1.807) is 37.3 Å². The van der Waals surface area contributed by atoms with Gasteiger partial charge in [-0.25, -0.2) is 9.87 Å². The number of carbonyl (C=O) groups excluding carboxylic acids is 1. The van der Waals surface area contributed by atoms with Crippen molar-refractivity contribution in [3.05, 3.63) is 70.8 Å². The third kappa shape index (κ3) is 5.08. The highest BCUT2D eigenvalue weighted by atomic mass is 32.1. The van der Waals surface area contributed by atoms with Crippen LogP contribution in [0.4, 0.5) is 4.39 Å². The van der Waals surface area contributed by atoms with Crippen molar-refractivity contribution in [1.29, 1.82) is 0 Å². The van der Waals surface area contributed by atoms with E-state index in [2.05, 4.69) is 14.8 Å². The van der Waals surface area contributed by atoms with Gasteiger partial charge < -0.3 is 4.74 Å². The van der Waals surface area contributed by atoms with Crippen molar-refractivity contribution in [2.45, 2.75) is 20.3 Å². The lowest BCUT2D eigenvalue weighted by Crippen LogP contribution is -2.23. The number of amides is 1. The zero-order valence-corrected chi connectivity index (χ0v) is 15.7. The van der Waals surface area contributed by atoms with Crippen LogP contribution in [0.2, 0.25) is 0 Å². The van der Waals surface area contributed by atoms with Gasteiger partial charge in [-0.3, -0.25) is 9.63 Å². The monoisotopic (exact) mass is 387 g/mol. The number of hydroxylamine groups is 1. The topological polar surface area (TPSA) is 73.3 Å². The Kier molecular flexibility index (Phi) is 6.10. The average molecular weight is 387 g/mol. The first-order valence-corrected chi connectivity index (χ1v) is 9.10. The molecule has 0 unspecified atom stereocenters. The zero-order valence-electron chi connectivity index (χ0n) is 14.9. The van der Waals surface area contributed by atoms with Gasteiger partial charge in [0.15, 0.2) is 5.82 Å². The van der Waals surface area contributed by atoms with Gasteiger partial charge in [-0.1, -0.05) is 18.2 Å². The van der Waals surface area contributed by atoms with E-state index in [0.29, 0.717) is 35.4 Å². The molecule has 0 aliphatic heterocycles. The quantitative estimate of drug-likeness (QED) is 0.619. The Labute approximate surface area is 160 Å². The molecule has 2 aromatic carbocycles. The molecule has 0 atom stereocenters. The van der Waals surface area contributed by atoms with E-state index >= 15 is 0 Å². The normalized spacial score (nSPS) is 10.6.